The highest BCUT2D eigenvalue weighted by atomic mass is 16.5. The molecule has 2 aromatic carbocycles. The lowest BCUT2D eigenvalue weighted by atomic mass is 10.1. The molecular formula is C25H28N4O4. The van der Waals surface area contributed by atoms with Crippen LogP contribution in [0.5, 0.6) is 5.75 Å². The van der Waals surface area contributed by atoms with E-state index in [2.05, 4.69) is 15.3 Å². The number of aryl methyl sites for hydroxylation is 1. The summed E-state index contributed by atoms with van der Waals surface area (Å²) >= 11 is 0. The maximum Gasteiger partial charge on any atom is 0.322 e. The van der Waals surface area contributed by atoms with E-state index >= 15 is 0 Å². The second-order valence-electron chi connectivity index (χ2n) is 8.09. The summed E-state index contributed by atoms with van der Waals surface area (Å²) in [6.07, 6.45) is 2.49. The van der Waals surface area contributed by atoms with Gasteiger partial charge in [-0.1, -0.05) is 37.3 Å². The average molecular weight is 449 g/mol. The smallest absolute Gasteiger partial charge is 0.322 e. The number of phenols is 1. The third kappa shape index (κ3) is 5.78. The van der Waals surface area contributed by atoms with Gasteiger partial charge in [-0.15, -0.1) is 0 Å². The van der Waals surface area contributed by atoms with Crippen molar-refractivity contribution in [3.63, 3.8) is 0 Å². The molecule has 172 valence electrons. The van der Waals surface area contributed by atoms with E-state index in [4.69, 9.17) is 4.74 Å². The molecule has 3 N–H and O–H groups in total. The predicted octanol–water partition coefficient (Wildman–Crippen LogP) is 3.92. The second-order valence-corrected chi connectivity index (χ2v) is 8.09. The average Bonchev–Trinajstić information content (AvgIpc) is 3.33. The molecule has 33 heavy (non-hydrogen) atoms. The Morgan fingerprint density at radius 2 is 2.09 bits per heavy atom. The number of aromatic amines is 1. The number of nitrogens with one attached hydrogen (secondary N) is 2. The number of urea groups is 1. The van der Waals surface area contributed by atoms with Gasteiger partial charge in [-0.05, 0) is 37.5 Å². The van der Waals surface area contributed by atoms with Gasteiger partial charge in [-0.2, -0.15) is 0 Å². The van der Waals surface area contributed by atoms with Crippen LogP contribution in [0.25, 0.3) is 11.4 Å². The van der Waals surface area contributed by atoms with Crippen molar-refractivity contribution >= 4 is 11.7 Å². The van der Waals surface area contributed by atoms with E-state index in [1.165, 1.54) is 6.07 Å². The number of carbonyl (C=O) groups excluding carboxylic acids is 1. The lowest BCUT2D eigenvalue weighted by Crippen LogP contribution is -2.39. The molecule has 2 amide bonds. The maximum absolute atomic E-state index is 13.2. The van der Waals surface area contributed by atoms with Crippen LogP contribution in [0.2, 0.25) is 0 Å². The van der Waals surface area contributed by atoms with Crippen molar-refractivity contribution in [3.8, 4) is 17.1 Å². The fourth-order valence-electron chi connectivity index (χ4n) is 3.88. The summed E-state index contributed by atoms with van der Waals surface area (Å²) in [6.45, 7) is 3.31. The highest BCUT2D eigenvalue weighted by Gasteiger charge is 2.23. The number of ether oxygens (including phenoxy) is 1. The zero-order chi connectivity index (χ0) is 23.2. The van der Waals surface area contributed by atoms with Gasteiger partial charge < -0.3 is 25.0 Å². The summed E-state index contributed by atoms with van der Waals surface area (Å²) in [7, 11) is 0. The third-order valence-corrected chi connectivity index (χ3v) is 5.63. The Kier molecular flexibility index (Phi) is 7.04. The minimum atomic E-state index is -0.297. The topological polar surface area (TPSA) is 108 Å². The Hall–Kier alpha value is -3.65. The zero-order valence-corrected chi connectivity index (χ0v) is 18.6. The number of phenolic OH excluding ortho intramolecular Hbond substituents is 1. The van der Waals surface area contributed by atoms with Crippen LogP contribution in [0.1, 0.15) is 31.0 Å². The number of anilines is 1. The van der Waals surface area contributed by atoms with Crippen molar-refractivity contribution in [1.29, 1.82) is 0 Å². The Balaban J connectivity index is 1.54. The molecule has 1 saturated heterocycles. The number of amides is 2. The van der Waals surface area contributed by atoms with Crippen molar-refractivity contribution in [2.75, 3.05) is 18.5 Å². The first-order valence-corrected chi connectivity index (χ1v) is 11.2. The van der Waals surface area contributed by atoms with E-state index in [0.717, 1.165) is 12.8 Å². The van der Waals surface area contributed by atoms with Crippen molar-refractivity contribution < 1.29 is 14.6 Å². The Morgan fingerprint density at radius 1 is 1.24 bits per heavy atom. The van der Waals surface area contributed by atoms with Crippen molar-refractivity contribution in [2.24, 2.45) is 0 Å². The summed E-state index contributed by atoms with van der Waals surface area (Å²) in [5, 5.41) is 13.1. The SMILES string of the molecule is CCc1cc(=O)[nH]c(-c2cccc(NC(=O)N(Cc3ccccc3O)C[C@@H]3CCCO3)c2)n1. The van der Waals surface area contributed by atoms with Gasteiger partial charge in [-0.3, -0.25) is 4.79 Å². The number of nitrogens with zero attached hydrogens (tertiary/aromatic N) is 2. The molecule has 2 heterocycles. The monoisotopic (exact) mass is 448 g/mol. The Morgan fingerprint density at radius 3 is 2.85 bits per heavy atom. The number of para-hydroxylation sites is 1. The molecule has 0 spiro atoms. The van der Waals surface area contributed by atoms with E-state index < -0.39 is 0 Å². The molecule has 1 aliphatic rings. The lowest BCUT2D eigenvalue weighted by Gasteiger charge is -2.26. The van der Waals surface area contributed by atoms with Crippen LogP contribution >= 0.6 is 0 Å². The third-order valence-electron chi connectivity index (χ3n) is 5.63. The van der Waals surface area contributed by atoms with Gasteiger partial charge in [0, 0.05) is 41.7 Å². The zero-order valence-electron chi connectivity index (χ0n) is 18.6. The number of aromatic hydroxyl groups is 1. The standard InChI is InChI=1S/C25H28N4O4/c1-2-19-14-23(31)28-24(26-19)17-8-5-9-20(13-17)27-25(32)29(16-21-10-6-12-33-21)15-18-7-3-4-11-22(18)30/h3-5,7-9,11,13-14,21,30H,2,6,10,12,15-16H2,1H3,(H,27,32)(H,26,28,31)/t21-/m0/s1. The minimum absolute atomic E-state index is 0.0287. The maximum atomic E-state index is 13.2. The Bertz CT molecular complexity index is 1170. The van der Waals surface area contributed by atoms with E-state index in [0.29, 0.717) is 47.9 Å². The number of aromatic nitrogens is 2. The van der Waals surface area contributed by atoms with E-state index in [-0.39, 0.29) is 30.0 Å². The highest BCUT2D eigenvalue weighted by molar-refractivity contribution is 5.90. The van der Waals surface area contributed by atoms with Gasteiger partial charge in [0.15, 0.2) is 0 Å². The second kappa shape index (κ2) is 10.3. The summed E-state index contributed by atoms with van der Waals surface area (Å²) in [5.74, 6) is 0.608. The molecule has 1 fully saturated rings. The van der Waals surface area contributed by atoms with Crippen LogP contribution in [-0.2, 0) is 17.7 Å². The molecule has 0 saturated carbocycles. The van der Waals surface area contributed by atoms with E-state index in [9.17, 15) is 14.7 Å². The minimum Gasteiger partial charge on any atom is -0.508 e. The van der Waals surface area contributed by atoms with Gasteiger partial charge in [0.05, 0.1) is 12.6 Å². The van der Waals surface area contributed by atoms with Gasteiger partial charge in [-0.25, -0.2) is 9.78 Å². The molecule has 1 aliphatic heterocycles. The molecule has 0 radical (unpaired) electrons. The molecule has 4 rings (SSSR count). The van der Waals surface area contributed by atoms with E-state index in [1.807, 2.05) is 19.1 Å². The number of rotatable bonds is 7. The number of H-pyrrole nitrogens is 1. The van der Waals surface area contributed by atoms with Gasteiger partial charge in [0.1, 0.15) is 11.6 Å². The summed E-state index contributed by atoms with van der Waals surface area (Å²) in [6, 6.07) is 15.4. The largest absolute Gasteiger partial charge is 0.508 e. The normalized spacial score (nSPS) is 15.4. The first-order chi connectivity index (χ1) is 16.0. The predicted molar refractivity (Wildman–Crippen MR) is 126 cm³/mol. The molecule has 8 nitrogen and oxygen atoms in total. The molecule has 3 aromatic rings. The van der Waals surface area contributed by atoms with Crippen LogP contribution < -0.4 is 10.9 Å². The van der Waals surface area contributed by atoms with Crippen LogP contribution in [0.3, 0.4) is 0 Å². The molecular weight excluding hydrogens is 420 g/mol. The highest BCUT2D eigenvalue weighted by Crippen LogP contribution is 2.23. The number of benzene rings is 2. The molecule has 0 aliphatic carbocycles. The van der Waals surface area contributed by atoms with Crippen LogP contribution in [0.15, 0.2) is 59.4 Å². The quantitative estimate of drug-likeness (QED) is 0.508. The van der Waals surface area contributed by atoms with Crippen molar-refractivity contribution in [1.82, 2.24) is 14.9 Å². The number of hydrogen-bond acceptors (Lipinski definition) is 5. The molecule has 1 aromatic heterocycles. The van der Waals surface area contributed by atoms with Crippen LogP contribution in [0, 0.1) is 0 Å². The summed E-state index contributed by atoms with van der Waals surface area (Å²) < 4.78 is 5.74. The first kappa shape index (κ1) is 22.5. The first-order valence-electron chi connectivity index (χ1n) is 11.2. The van der Waals surface area contributed by atoms with E-state index in [1.54, 1.807) is 41.3 Å². The van der Waals surface area contributed by atoms with Crippen LogP contribution in [-0.4, -0.2) is 45.3 Å². The van der Waals surface area contributed by atoms with Crippen molar-refractivity contribution in [2.45, 2.75) is 38.8 Å². The molecule has 0 bridgehead atoms. The summed E-state index contributed by atoms with van der Waals surface area (Å²) in [5.41, 5.74) is 2.44. The van der Waals surface area contributed by atoms with Crippen molar-refractivity contribution in [3.05, 3.63) is 76.2 Å². The van der Waals surface area contributed by atoms with Gasteiger partial charge >= 0.3 is 6.03 Å². The molecule has 8 heteroatoms. The fourth-order valence-corrected chi connectivity index (χ4v) is 3.88. The molecule has 1 atom stereocenters. The number of hydrogen-bond donors (Lipinski definition) is 3. The van der Waals surface area contributed by atoms with Gasteiger partial charge in [0.25, 0.3) is 5.56 Å². The Labute approximate surface area is 192 Å². The fraction of sp³-hybridized carbons (Fsp3) is 0.320. The molecule has 0 unspecified atom stereocenters. The van der Waals surface area contributed by atoms with Crippen LogP contribution in [0.4, 0.5) is 10.5 Å². The lowest BCUT2D eigenvalue weighted by molar-refractivity contribution is 0.0817. The van der Waals surface area contributed by atoms with Gasteiger partial charge in [0.2, 0.25) is 0 Å². The number of carbonyl (C=O) groups is 1. The summed E-state index contributed by atoms with van der Waals surface area (Å²) in [4.78, 5) is 34.1.